The van der Waals surface area contributed by atoms with Gasteiger partial charge in [-0.15, -0.1) is 0 Å². The minimum atomic E-state index is 0.267. The third-order valence-electron chi connectivity index (χ3n) is 6.08. The van der Waals surface area contributed by atoms with Crippen LogP contribution in [0.1, 0.15) is 58.8 Å². The smallest absolute Gasteiger partial charge is 0.220 e. The summed E-state index contributed by atoms with van der Waals surface area (Å²) in [6.45, 7) is 7.79. The fourth-order valence-corrected chi connectivity index (χ4v) is 4.54. The highest BCUT2D eigenvalue weighted by molar-refractivity contribution is 5.76. The Morgan fingerprint density at radius 3 is 2.45 bits per heavy atom. The topological polar surface area (TPSA) is 44.4 Å². The van der Waals surface area contributed by atoms with E-state index < -0.39 is 0 Å². The predicted molar refractivity (Wildman–Crippen MR) is 89.7 cm³/mol. The molecule has 4 nitrogen and oxygen atoms in total. The molecule has 3 rings (SSSR count). The van der Waals surface area contributed by atoms with E-state index in [1.54, 1.807) is 0 Å². The first-order valence-electron chi connectivity index (χ1n) is 9.37. The maximum Gasteiger partial charge on any atom is 0.220 e. The highest BCUT2D eigenvalue weighted by Gasteiger charge is 2.34. The molecule has 22 heavy (non-hydrogen) atoms. The van der Waals surface area contributed by atoms with Crippen molar-refractivity contribution < 1.29 is 4.79 Å². The van der Waals surface area contributed by atoms with Gasteiger partial charge in [-0.3, -0.25) is 9.69 Å². The van der Waals surface area contributed by atoms with E-state index in [9.17, 15) is 4.79 Å². The molecule has 3 unspecified atom stereocenters. The summed E-state index contributed by atoms with van der Waals surface area (Å²) < 4.78 is 0. The molecule has 3 atom stereocenters. The summed E-state index contributed by atoms with van der Waals surface area (Å²) in [4.78, 5) is 14.8. The molecule has 2 N–H and O–H groups in total. The monoisotopic (exact) mass is 307 g/mol. The van der Waals surface area contributed by atoms with Gasteiger partial charge in [0.15, 0.2) is 0 Å². The molecule has 0 aliphatic carbocycles. The lowest BCUT2D eigenvalue weighted by Gasteiger charge is -2.35. The van der Waals surface area contributed by atoms with Crippen molar-refractivity contribution >= 4 is 5.91 Å². The minimum Gasteiger partial charge on any atom is -0.355 e. The quantitative estimate of drug-likeness (QED) is 0.818. The van der Waals surface area contributed by atoms with Crippen LogP contribution in [0.4, 0.5) is 0 Å². The molecular weight excluding hydrogens is 274 g/mol. The van der Waals surface area contributed by atoms with Gasteiger partial charge in [0.25, 0.3) is 0 Å². The second-order valence-electron chi connectivity index (χ2n) is 8.05. The van der Waals surface area contributed by atoms with Crippen molar-refractivity contribution in [2.75, 3.05) is 19.6 Å². The molecule has 0 aromatic heterocycles. The van der Waals surface area contributed by atoms with Crippen molar-refractivity contribution in [3.05, 3.63) is 0 Å². The molecule has 0 spiro atoms. The Balaban J connectivity index is 1.35. The van der Waals surface area contributed by atoms with Gasteiger partial charge in [0.1, 0.15) is 0 Å². The Morgan fingerprint density at radius 2 is 1.82 bits per heavy atom. The van der Waals surface area contributed by atoms with Gasteiger partial charge < -0.3 is 10.6 Å². The number of piperidine rings is 2. The normalized spacial score (nSPS) is 34.5. The first-order valence-corrected chi connectivity index (χ1v) is 9.37. The largest absolute Gasteiger partial charge is 0.355 e. The zero-order valence-electron chi connectivity index (χ0n) is 14.3. The Morgan fingerprint density at radius 1 is 1.18 bits per heavy atom. The van der Waals surface area contributed by atoms with E-state index in [1.165, 1.54) is 51.6 Å². The summed E-state index contributed by atoms with van der Waals surface area (Å²) in [5.74, 6) is 1.74. The van der Waals surface area contributed by atoms with Gasteiger partial charge in [-0.05, 0) is 70.4 Å². The van der Waals surface area contributed by atoms with E-state index in [4.69, 9.17) is 0 Å². The van der Waals surface area contributed by atoms with E-state index in [2.05, 4.69) is 29.4 Å². The average Bonchev–Trinajstić information content (AvgIpc) is 2.84. The number of carbonyl (C=O) groups excluding carboxylic acids is 1. The molecule has 3 fully saturated rings. The molecule has 3 saturated heterocycles. The number of likely N-dealkylation sites (tertiary alicyclic amines) is 1. The second-order valence-corrected chi connectivity index (χ2v) is 8.05. The molecule has 0 aromatic rings. The number of nitrogens with zero attached hydrogens (tertiary/aromatic N) is 1. The number of hydrogen-bond donors (Lipinski definition) is 2. The highest BCUT2D eigenvalue weighted by Crippen LogP contribution is 2.32. The number of fused-ring (bicyclic) bond motifs is 2. The zero-order chi connectivity index (χ0) is 15.5. The van der Waals surface area contributed by atoms with Gasteiger partial charge in [-0.2, -0.15) is 0 Å². The van der Waals surface area contributed by atoms with Gasteiger partial charge in [0.2, 0.25) is 5.91 Å². The second kappa shape index (κ2) is 7.31. The van der Waals surface area contributed by atoms with Crippen molar-refractivity contribution in [1.82, 2.24) is 15.5 Å². The lowest BCUT2D eigenvalue weighted by Crippen LogP contribution is -2.46. The summed E-state index contributed by atoms with van der Waals surface area (Å²) >= 11 is 0. The third-order valence-corrected chi connectivity index (χ3v) is 6.08. The fourth-order valence-electron chi connectivity index (χ4n) is 4.54. The molecular formula is C18H33N3O. The van der Waals surface area contributed by atoms with Crippen LogP contribution >= 0.6 is 0 Å². The van der Waals surface area contributed by atoms with Crippen molar-refractivity contribution in [3.63, 3.8) is 0 Å². The minimum absolute atomic E-state index is 0.267. The van der Waals surface area contributed by atoms with Crippen LogP contribution in [-0.2, 0) is 4.79 Å². The van der Waals surface area contributed by atoms with Gasteiger partial charge >= 0.3 is 0 Å². The lowest BCUT2D eigenvalue weighted by molar-refractivity contribution is -0.122. The van der Waals surface area contributed by atoms with Crippen LogP contribution in [0.2, 0.25) is 0 Å². The fraction of sp³-hybridized carbons (Fsp3) is 0.944. The van der Waals surface area contributed by atoms with Gasteiger partial charge in [0, 0.05) is 31.1 Å². The van der Waals surface area contributed by atoms with Crippen molar-refractivity contribution in [2.45, 2.75) is 76.9 Å². The molecule has 126 valence electrons. The molecule has 0 aromatic carbocycles. The van der Waals surface area contributed by atoms with E-state index in [1.807, 2.05) is 0 Å². The van der Waals surface area contributed by atoms with Crippen LogP contribution in [0, 0.1) is 11.8 Å². The van der Waals surface area contributed by atoms with Gasteiger partial charge in [-0.25, -0.2) is 0 Å². The summed E-state index contributed by atoms with van der Waals surface area (Å²) in [5, 5.41) is 6.84. The number of carbonyl (C=O) groups is 1. The van der Waals surface area contributed by atoms with E-state index >= 15 is 0 Å². The molecule has 3 aliphatic heterocycles. The van der Waals surface area contributed by atoms with E-state index in [0.29, 0.717) is 24.0 Å². The number of nitrogens with one attached hydrogen (secondary N) is 2. The van der Waals surface area contributed by atoms with Crippen LogP contribution in [0.5, 0.6) is 0 Å². The first kappa shape index (κ1) is 16.3. The van der Waals surface area contributed by atoms with E-state index in [-0.39, 0.29) is 5.91 Å². The molecule has 3 aliphatic rings. The standard InChI is InChI=1S/C18H33N3O/c1-13-5-7-21(8-6-13)14(2)12-19-18(22)11-15-9-16-3-4-17(10-15)20-16/h13-17,20H,3-12H2,1-2H3,(H,19,22). The zero-order valence-corrected chi connectivity index (χ0v) is 14.3. The lowest BCUT2D eigenvalue weighted by atomic mass is 9.89. The summed E-state index contributed by atoms with van der Waals surface area (Å²) in [7, 11) is 0. The van der Waals surface area contributed by atoms with Gasteiger partial charge in [-0.1, -0.05) is 6.92 Å². The first-order chi connectivity index (χ1) is 10.6. The van der Waals surface area contributed by atoms with Crippen LogP contribution in [-0.4, -0.2) is 48.6 Å². The molecule has 4 heteroatoms. The Kier molecular flexibility index (Phi) is 5.40. The Bertz CT molecular complexity index is 367. The predicted octanol–water partition coefficient (Wildman–Crippen LogP) is 2.14. The highest BCUT2D eigenvalue weighted by atomic mass is 16.1. The van der Waals surface area contributed by atoms with Crippen LogP contribution in [0.25, 0.3) is 0 Å². The van der Waals surface area contributed by atoms with E-state index in [0.717, 1.165) is 18.9 Å². The maximum absolute atomic E-state index is 12.2. The SMILES string of the molecule is CC1CCN(C(C)CNC(=O)CC2CC3CCC(C2)N3)CC1. The Labute approximate surface area is 135 Å². The molecule has 3 heterocycles. The summed E-state index contributed by atoms with van der Waals surface area (Å²) in [6.07, 6.45) is 8.36. The number of rotatable bonds is 5. The molecule has 2 bridgehead atoms. The maximum atomic E-state index is 12.2. The molecule has 0 saturated carbocycles. The summed E-state index contributed by atoms with van der Waals surface area (Å²) in [6, 6.07) is 1.84. The molecule has 1 amide bonds. The van der Waals surface area contributed by atoms with Crippen molar-refractivity contribution in [3.8, 4) is 0 Å². The van der Waals surface area contributed by atoms with Crippen molar-refractivity contribution in [2.24, 2.45) is 11.8 Å². The molecule has 0 radical (unpaired) electrons. The third kappa shape index (κ3) is 4.23. The Hall–Kier alpha value is -0.610. The average molecular weight is 307 g/mol. The summed E-state index contributed by atoms with van der Waals surface area (Å²) in [5.41, 5.74) is 0. The van der Waals surface area contributed by atoms with Crippen LogP contribution < -0.4 is 10.6 Å². The van der Waals surface area contributed by atoms with Gasteiger partial charge in [0.05, 0.1) is 0 Å². The number of amides is 1. The van der Waals surface area contributed by atoms with Crippen LogP contribution in [0.3, 0.4) is 0 Å². The van der Waals surface area contributed by atoms with Crippen molar-refractivity contribution in [1.29, 1.82) is 0 Å². The number of hydrogen-bond acceptors (Lipinski definition) is 3. The van der Waals surface area contributed by atoms with Crippen LogP contribution in [0.15, 0.2) is 0 Å².